The molecule has 0 aliphatic carbocycles. The summed E-state index contributed by atoms with van der Waals surface area (Å²) in [6.45, 7) is 6.56. The summed E-state index contributed by atoms with van der Waals surface area (Å²) >= 11 is 0. The summed E-state index contributed by atoms with van der Waals surface area (Å²) in [6.07, 6.45) is 9.41. The van der Waals surface area contributed by atoms with Crippen molar-refractivity contribution >= 4 is 5.91 Å². The molecule has 0 radical (unpaired) electrons. The van der Waals surface area contributed by atoms with E-state index in [9.17, 15) is 4.79 Å². The van der Waals surface area contributed by atoms with Gasteiger partial charge in [0.05, 0.1) is 0 Å². The van der Waals surface area contributed by atoms with Gasteiger partial charge < -0.3 is 10.2 Å². The maximum Gasteiger partial charge on any atom is 0.222 e. The molecule has 0 aromatic rings. The minimum Gasteiger partial charge on any atom is -0.343 e. The van der Waals surface area contributed by atoms with Crippen molar-refractivity contribution in [3.63, 3.8) is 0 Å². The van der Waals surface area contributed by atoms with Crippen LogP contribution in [0.15, 0.2) is 0 Å². The Labute approximate surface area is 118 Å². The van der Waals surface area contributed by atoms with Crippen LogP contribution >= 0.6 is 0 Å². The maximum absolute atomic E-state index is 12.3. The van der Waals surface area contributed by atoms with E-state index in [2.05, 4.69) is 17.1 Å². The fourth-order valence-corrected chi connectivity index (χ4v) is 3.48. The van der Waals surface area contributed by atoms with Gasteiger partial charge in [-0.1, -0.05) is 13.3 Å². The van der Waals surface area contributed by atoms with Crippen LogP contribution in [0.5, 0.6) is 0 Å². The highest BCUT2D eigenvalue weighted by atomic mass is 16.2. The zero-order valence-corrected chi connectivity index (χ0v) is 12.5. The monoisotopic (exact) mass is 266 g/mol. The lowest BCUT2D eigenvalue weighted by Gasteiger charge is -2.25. The van der Waals surface area contributed by atoms with E-state index in [0.29, 0.717) is 5.91 Å². The second-order valence-corrected chi connectivity index (χ2v) is 6.32. The topological polar surface area (TPSA) is 32.3 Å². The quantitative estimate of drug-likeness (QED) is 0.848. The molecule has 1 amide bonds. The molecule has 0 spiro atoms. The van der Waals surface area contributed by atoms with Crippen LogP contribution in [0.2, 0.25) is 0 Å². The van der Waals surface area contributed by atoms with Gasteiger partial charge in [0, 0.05) is 19.5 Å². The third-order valence-electron chi connectivity index (χ3n) is 5.00. The average Bonchev–Trinajstić information content (AvgIpc) is 2.71. The molecule has 2 heterocycles. The number of amides is 1. The van der Waals surface area contributed by atoms with E-state index in [1.54, 1.807) is 0 Å². The minimum absolute atomic E-state index is 0.412. The molecule has 2 rings (SSSR count). The van der Waals surface area contributed by atoms with E-state index in [0.717, 1.165) is 50.9 Å². The van der Waals surface area contributed by atoms with Crippen molar-refractivity contribution in [1.82, 2.24) is 10.2 Å². The number of nitrogens with zero attached hydrogens (tertiary/aromatic N) is 1. The Balaban J connectivity index is 1.70. The Bertz CT molecular complexity index is 274. The SMILES string of the molecule is CCC1CCCN(C(=O)CCC2CCNCC2)CC1. The average molecular weight is 266 g/mol. The highest BCUT2D eigenvalue weighted by Crippen LogP contribution is 2.22. The highest BCUT2D eigenvalue weighted by Gasteiger charge is 2.21. The molecule has 2 saturated heterocycles. The number of carbonyl (C=O) groups excluding carboxylic acids is 1. The van der Waals surface area contributed by atoms with Crippen molar-refractivity contribution in [3.05, 3.63) is 0 Å². The number of hydrogen-bond donors (Lipinski definition) is 1. The lowest BCUT2D eigenvalue weighted by atomic mass is 9.93. The van der Waals surface area contributed by atoms with E-state index in [1.165, 1.54) is 38.5 Å². The van der Waals surface area contributed by atoms with Crippen molar-refractivity contribution in [1.29, 1.82) is 0 Å². The first kappa shape index (κ1) is 14.8. The summed E-state index contributed by atoms with van der Waals surface area (Å²) in [5.41, 5.74) is 0. The molecule has 2 aliphatic heterocycles. The molecule has 0 aromatic heterocycles. The summed E-state index contributed by atoms with van der Waals surface area (Å²) in [6, 6.07) is 0. The first-order valence-electron chi connectivity index (χ1n) is 8.28. The summed E-state index contributed by atoms with van der Waals surface area (Å²) in [4.78, 5) is 14.4. The Hall–Kier alpha value is -0.570. The number of hydrogen-bond acceptors (Lipinski definition) is 2. The number of rotatable bonds is 4. The van der Waals surface area contributed by atoms with Gasteiger partial charge in [-0.05, 0) is 63.5 Å². The van der Waals surface area contributed by atoms with Crippen LogP contribution in [-0.2, 0) is 4.79 Å². The molecule has 3 nitrogen and oxygen atoms in total. The van der Waals surface area contributed by atoms with Crippen LogP contribution in [0, 0.1) is 11.8 Å². The number of likely N-dealkylation sites (tertiary alicyclic amines) is 1. The summed E-state index contributed by atoms with van der Waals surface area (Å²) in [7, 11) is 0. The Morgan fingerprint density at radius 2 is 1.89 bits per heavy atom. The molecule has 19 heavy (non-hydrogen) atoms. The van der Waals surface area contributed by atoms with E-state index >= 15 is 0 Å². The first-order valence-corrected chi connectivity index (χ1v) is 8.28. The molecule has 2 fully saturated rings. The molecule has 1 atom stereocenters. The lowest BCUT2D eigenvalue weighted by molar-refractivity contribution is -0.131. The third kappa shape index (κ3) is 4.79. The lowest BCUT2D eigenvalue weighted by Crippen LogP contribution is -2.33. The van der Waals surface area contributed by atoms with Gasteiger partial charge in [0.2, 0.25) is 5.91 Å². The predicted octanol–water partition coefficient (Wildman–Crippen LogP) is 2.80. The Kier molecular flexibility index (Phi) is 6.15. The van der Waals surface area contributed by atoms with E-state index < -0.39 is 0 Å². The van der Waals surface area contributed by atoms with E-state index in [1.807, 2.05) is 0 Å². The molecular formula is C16H30N2O. The summed E-state index contributed by atoms with van der Waals surface area (Å²) in [5, 5.41) is 3.39. The maximum atomic E-state index is 12.3. The Morgan fingerprint density at radius 3 is 2.63 bits per heavy atom. The molecule has 0 saturated carbocycles. The number of piperidine rings is 1. The molecular weight excluding hydrogens is 236 g/mol. The van der Waals surface area contributed by atoms with Gasteiger partial charge >= 0.3 is 0 Å². The van der Waals surface area contributed by atoms with Gasteiger partial charge in [-0.25, -0.2) is 0 Å². The molecule has 0 bridgehead atoms. The zero-order valence-electron chi connectivity index (χ0n) is 12.5. The largest absolute Gasteiger partial charge is 0.343 e. The van der Waals surface area contributed by atoms with Gasteiger partial charge in [0.1, 0.15) is 0 Å². The fraction of sp³-hybridized carbons (Fsp3) is 0.938. The number of nitrogens with one attached hydrogen (secondary N) is 1. The molecule has 1 N–H and O–H groups in total. The molecule has 2 aliphatic rings. The van der Waals surface area contributed by atoms with Crippen molar-refractivity contribution < 1.29 is 4.79 Å². The molecule has 110 valence electrons. The Morgan fingerprint density at radius 1 is 1.11 bits per heavy atom. The van der Waals surface area contributed by atoms with E-state index in [-0.39, 0.29) is 0 Å². The van der Waals surface area contributed by atoms with Crippen molar-refractivity contribution in [3.8, 4) is 0 Å². The van der Waals surface area contributed by atoms with Gasteiger partial charge in [-0.3, -0.25) is 4.79 Å². The van der Waals surface area contributed by atoms with Crippen molar-refractivity contribution in [2.45, 2.75) is 58.3 Å². The van der Waals surface area contributed by atoms with Gasteiger partial charge in [-0.2, -0.15) is 0 Å². The third-order valence-corrected chi connectivity index (χ3v) is 5.00. The first-order chi connectivity index (χ1) is 9.29. The van der Waals surface area contributed by atoms with Gasteiger partial charge in [0.15, 0.2) is 0 Å². The normalized spacial score (nSPS) is 26.2. The van der Waals surface area contributed by atoms with Crippen molar-refractivity contribution in [2.24, 2.45) is 11.8 Å². The smallest absolute Gasteiger partial charge is 0.222 e. The fourth-order valence-electron chi connectivity index (χ4n) is 3.48. The molecule has 1 unspecified atom stereocenters. The van der Waals surface area contributed by atoms with E-state index in [4.69, 9.17) is 0 Å². The van der Waals surface area contributed by atoms with Crippen LogP contribution in [0.25, 0.3) is 0 Å². The van der Waals surface area contributed by atoms with Crippen LogP contribution in [0.3, 0.4) is 0 Å². The number of carbonyl (C=O) groups is 1. The zero-order chi connectivity index (χ0) is 13.5. The standard InChI is InChI=1S/C16H30N2O/c1-2-14-4-3-12-18(13-9-14)16(19)6-5-15-7-10-17-11-8-15/h14-15,17H,2-13H2,1H3. The van der Waals surface area contributed by atoms with Gasteiger partial charge in [-0.15, -0.1) is 0 Å². The van der Waals surface area contributed by atoms with Crippen LogP contribution in [0.1, 0.15) is 58.3 Å². The molecule has 3 heteroatoms. The van der Waals surface area contributed by atoms with Crippen molar-refractivity contribution in [2.75, 3.05) is 26.2 Å². The summed E-state index contributed by atoms with van der Waals surface area (Å²) < 4.78 is 0. The van der Waals surface area contributed by atoms with Crippen LogP contribution in [0.4, 0.5) is 0 Å². The highest BCUT2D eigenvalue weighted by molar-refractivity contribution is 5.76. The van der Waals surface area contributed by atoms with Gasteiger partial charge in [0.25, 0.3) is 0 Å². The van der Waals surface area contributed by atoms with Crippen LogP contribution < -0.4 is 5.32 Å². The summed E-state index contributed by atoms with van der Waals surface area (Å²) in [5.74, 6) is 2.04. The van der Waals surface area contributed by atoms with Crippen LogP contribution in [-0.4, -0.2) is 37.0 Å². The second kappa shape index (κ2) is 7.88. The second-order valence-electron chi connectivity index (χ2n) is 6.32. The molecule has 0 aromatic carbocycles. The predicted molar refractivity (Wildman–Crippen MR) is 79.0 cm³/mol. The minimum atomic E-state index is 0.412.